The normalized spacial score (nSPS) is 16.9. The zero-order valence-electron chi connectivity index (χ0n) is 15.1. The van der Waals surface area contributed by atoms with Crippen molar-refractivity contribution in [2.24, 2.45) is 0 Å². The number of aliphatic hydroxyl groups is 1. The molecule has 0 bridgehead atoms. The molecule has 0 aliphatic carbocycles. The molecule has 2 aromatic rings. The number of aliphatic hydroxyl groups excluding tert-OH is 1. The maximum absolute atomic E-state index is 12.1. The number of amides is 1. The number of rotatable bonds is 6. The third kappa shape index (κ3) is 5.03. The molecule has 1 saturated heterocycles. The zero-order chi connectivity index (χ0) is 18.4. The lowest BCUT2D eigenvalue weighted by Crippen LogP contribution is -2.35. The van der Waals surface area contributed by atoms with Gasteiger partial charge in [-0.25, -0.2) is 4.98 Å². The Labute approximate surface area is 158 Å². The molecule has 1 aliphatic heterocycles. The molecule has 0 radical (unpaired) electrons. The smallest absolute Gasteiger partial charge is 0.265 e. The minimum Gasteiger partial charge on any atom is -0.392 e. The Morgan fingerprint density at radius 2 is 2.19 bits per heavy atom. The van der Waals surface area contributed by atoms with Gasteiger partial charge >= 0.3 is 0 Å². The topological polar surface area (TPSA) is 68.7 Å². The van der Waals surface area contributed by atoms with Gasteiger partial charge in [0, 0.05) is 26.2 Å². The van der Waals surface area contributed by atoms with E-state index in [2.05, 4.69) is 20.1 Å². The number of β-amino-alcohol motifs (C(OH)–C–C–N with tert-alkyl or cyclic N) is 1. The Bertz CT molecular complexity index is 690. The minimum atomic E-state index is -0.245. The molecule has 1 amide bonds. The molecule has 1 aliphatic rings. The molecule has 140 valence electrons. The second-order valence-corrected chi connectivity index (χ2v) is 7.49. The highest BCUT2D eigenvalue weighted by molar-refractivity contribution is 7.12. The van der Waals surface area contributed by atoms with E-state index in [4.69, 9.17) is 0 Å². The Kier molecular flexibility index (Phi) is 6.60. The summed E-state index contributed by atoms with van der Waals surface area (Å²) in [5.41, 5.74) is 0.703. The van der Waals surface area contributed by atoms with E-state index in [1.165, 1.54) is 11.3 Å². The van der Waals surface area contributed by atoms with Crippen molar-refractivity contribution in [3.05, 3.63) is 40.7 Å². The van der Waals surface area contributed by atoms with Crippen LogP contribution < -0.4 is 10.2 Å². The van der Waals surface area contributed by atoms with Crippen LogP contribution >= 0.6 is 11.3 Å². The van der Waals surface area contributed by atoms with Crippen LogP contribution in [0.4, 0.5) is 11.5 Å². The van der Waals surface area contributed by atoms with Gasteiger partial charge in [-0.1, -0.05) is 13.0 Å². The molecule has 2 aromatic heterocycles. The Hall–Kier alpha value is -1.96. The van der Waals surface area contributed by atoms with E-state index in [1.807, 2.05) is 30.5 Å². The SMILES string of the molecule is CCC(O)CN1CCCN(c2ccc(NC(=O)c3cccs3)cn2)CC1. The standard InChI is InChI=1S/C19H26N4O2S/c1-2-16(24)14-22-8-4-9-23(11-10-22)18-7-6-15(13-20-18)21-19(25)17-5-3-12-26-17/h3,5-7,12-13,16,24H,2,4,8-11,14H2,1H3,(H,21,25). The number of nitrogens with zero attached hydrogens (tertiary/aromatic N) is 3. The molecule has 2 N–H and O–H groups in total. The van der Waals surface area contributed by atoms with Crippen LogP contribution in [0.2, 0.25) is 0 Å². The Balaban J connectivity index is 1.55. The lowest BCUT2D eigenvalue weighted by atomic mass is 10.2. The highest BCUT2D eigenvalue weighted by Gasteiger charge is 2.18. The number of aromatic nitrogens is 1. The third-order valence-electron chi connectivity index (χ3n) is 4.60. The molecule has 1 unspecified atom stereocenters. The number of carbonyl (C=O) groups is 1. The number of hydrogen-bond acceptors (Lipinski definition) is 6. The molecular formula is C19H26N4O2S. The second-order valence-electron chi connectivity index (χ2n) is 6.54. The summed E-state index contributed by atoms with van der Waals surface area (Å²) in [5.74, 6) is 0.825. The van der Waals surface area contributed by atoms with E-state index in [1.54, 1.807) is 12.3 Å². The van der Waals surface area contributed by atoms with Crippen LogP contribution in [0.5, 0.6) is 0 Å². The average molecular weight is 375 g/mol. The number of pyridine rings is 1. The monoisotopic (exact) mass is 374 g/mol. The van der Waals surface area contributed by atoms with Gasteiger partial charge in [0.1, 0.15) is 5.82 Å². The largest absolute Gasteiger partial charge is 0.392 e. The van der Waals surface area contributed by atoms with Crippen molar-refractivity contribution < 1.29 is 9.90 Å². The molecule has 0 aromatic carbocycles. The van der Waals surface area contributed by atoms with Gasteiger partial charge in [0.05, 0.1) is 22.9 Å². The fourth-order valence-corrected chi connectivity index (χ4v) is 3.68. The summed E-state index contributed by atoms with van der Waals surface area (Å²) in [6, 6.07) is 7.53. The van der Waals surface area contributed by atoms with Crippen molar-refractivity contribution >= 4 is 28.7 Å². The lowest BCUT2D eigenvalue weighted by Gasteiger charge is -2.24. The molecule has 7 heteroatoms. The number of thiophene rings is 1. The maximum atomic E-state index is 12.1. The summed E-state index contributed by atoms with van der Waals surface area (Å²) in [5, 5.41) is 14.6. The first-order chi connectivity index (χ1) is 12.7. The van der Waals surface area contributed by atoms with Crippen LogP contribution in [0.15, 0.2) is 35.8 Å². The first kappa shape index (κ1) is 18.8. The van der Waals surface area contributed by atoms with E-state index < -0.39 is 0 Å². The predicted molar refractivity (Wildman–Crippen MR) is 106 cm³/mol. The predicted octanol–water partition coefficient (Wildman–Crippen LogP) is 2.68. The van der Waals surface area contributed by atoms with Crippen molar-refractivity contribution in [3.8, 4) is 0 Å². The van der Waals surface area contributed by atoms with Crippen molar-refractivity contribution in [1.29, 1.82) is 0 Å². The molecule has 26 heavy (non-hydrogen) atoms. The van der Waals surface area contributed by atoms with Gasteiger partial charge in [-0.05, 0) is 43.0 Å². The van der Waals surface area contributed by atoms with Gasteiger partial charge in [-0.15, -0.1) is 11.3 Å². The van der Waals surface area contributed by atoms with Crippen molar-refractivity contribution in [1.82, 2.24) is 9.88 Å². The molecular weight excluding hydrogens is 348 g/mol. The second kappa shape index (κ2) is 9.12. The number of anilines is 2. The molecule has 1 atom stereocenters. The first-order valence-corrected chi connectivity index (χ1v) is 10.00. The average Bonchev–Trinajstić information content (AvgIpc) is 3.10. The summed E-state index contributed by atoms with van der Waals surface area (Å²) >= 11 is 1.42. The van der Waals surface area contributed by atoms with Crippen LogP contribution in [-0.2, 0) is 0 Å². The quantitative estimate of drug-likeness (QED) is 0.814. The number of hydrogen-bond donors (Lipinski definition) is 2. The number of nitrogens with one attached hydrogen (secondary N) is 1. The van der Waals surface area contributed by atoms with Crippen LogP contribution in [0.3, 0.4) is 0 Å². The van der Waals surface area contributed by atoms with E-state index in [0.29, 0.717) is 10.6 Å². The summed E-state index contributed by atoms with van der Waals surface area (Å²) in [4.78, 5) is 21.9. The summed E-state index contributed by atoms with van der Waals surface area (Å²) in [6.45, 7) is 6.53. The minimum absolute atomic E-state index is 0.102. The maximum Gasteiger partial charge on any atom is 0.265 e. The van der Waals surface area contributed by atoms with Crippen molar-refractivity contribution in [2.75, 3.05) is 42.9 Å². The van der Waals surface area contributed by atoms with Crippen LogP contribution in [-0.4, -0.2) is 59.7 Å². The summed E-state index contributed by atoms with van der Waals surface area (Å²) in [7, 11) is 0. The van der Waals surface area contributed by atoms with E-state index >= 15 is 0 Å². The highest BCUT2D eigenvalue weighted by Crippen LogP contribution is 2.18. The van der Waals surface area contributed by atoms with Gasteiger partial charge in [-0.2, -0.15) is 0 Å². The summed E-state index contributed by atoms with van der Waals surface area (Å²) < 4.78 is 0. The van der Waals surface area contributed by atoms with Gasteiger partial charge in [0.15, 0.2) is 0 Å². The van der Waals surface area contributed by atoms with Gasteiger partial charge < -0.3 is 15.3 Å². The van der Waals surface area contributed by atoms with Gasteiger partial charge in [-0.3, -0.25) is 9.69 Å². The van der Waals surface area contributed by atoms with Gasteiger partial charge in [0.2, 0.25) is 0 Å². The van der Waals surface area contributed by atoms with Gasteiger partial charge in [0.25, 0.3) is 5.91 Å². The van der Waals surface area contributed by atoms with Crippen molar-refractivity contribution in [2.45, 2.75) is 25.9 Å². The van der Waals surface area contributed by atoms with E-state index in [0.717, 1.165) is 51.4 Å². The lowest BCUT2D eigenvalue weighted by molar-refractivity contribution is 0.103. The fourth-order valence-electron chi connectivity index (χ4n) is 3.06. The van der Waals surface area contributed by atoms with Crippen LogP contribution in [0, 0.1) is 0 Å². The molecule has 3 heterocycles. The van der Waals surface area contributed by atoms with Crippen molar-refractivity contribution in [3.63, 3.8) is 0 Å². The summed E-state index contributed by atoms with van der Waals surface area (Å²) in [6.07, 6.45) is 3.31. The Morgan fingerprint density at radius 3 is 2.88 bits per heavy atom. The van der Waals surface area contributed by atoms with E-state index in [9.17, 15) is 9.90 Å². The molecule has 0 spiro atoms. The zero-order valence-corrected chi connectivity index (χ0v) is 15.9. The molecule has 6 nitrogen and oxygen atoms in total. The van der Waals surface area contributed by atoms with Crippen LogP contribution in [0.1, 0.15) is 29.4 Å². The Morgan fingerprint density at radius 1 is 1.31 bits per heavy atom. The fraction of sp³-hybridized carbons (Fsp3) is 0.474. The highest BCUT2D eigenvalue weighted by atomic mass is 32.1. The molecule has 3 rings (SSSR count). The van der Waals surface area contributed by atoms with Crippen LogP contribution in [0.25, 0.3) is 0 Å². The molecule has 1 fully saturated rings. The molecule has 0 saturated carbocycles. The third-order valence-corrected chi connectivity index (χ3v) is 5.47. The van der Waals surface area contributed by atoms with E-state index in [-0.39, 0.29) is 12.0 Å². The first-order valence-electron chi connectivity index (χ1n) is 9.12. The number of carbonyl (C=O) groups excluding carboxylic acids is 1.